The third kappa shape index (κ3) is 8.11. The van der Waals surface area contributed by atoms with Crippen LogP contribution < -0.4 is 5.73 Å². The lowest BCUT2D eigenvalue weighted by atomic mass is 10.0. The molecule has 0 aromatic heterocycles. The zero-order valence-electron chi connectivity index (χ0n) is 16.5. The summed E-state index contributed by atoms with van der Waals surface area (Å²) in [6, 6.07) is 2.93. The molecule has 1 aliphatic rings. The minimum absolute atomic E-state index is 0.154. The van der Waals surface area contributed by atoms with Crippen LogP contribution >= 0.6 is 0 Å². The summed E-state index contributed by atoms with van der Waals surface area (Å²) < 4.78 is 50.6. The first-order valence-electron chi connectivity index (χ1n) is 10.0. The first kappa shape index (κ1) is 23.2. The molecular formula is C20H32F2N2O3S. The van der Waals surface area contributed by atoms with Gasteiger partial charge >= 0.3 is 0 Å². The molecule has 0 bridgehead atoms. The maximum Gasteiger partial charge on any atom is 0.150 e. The number of aliphatic hydroxyl groups is 1. The van der Waals surface area contributed by atoms with Crippen molar-refractivity contribution in [2.75, 3.05) is 24.6 Å². The number of nitrogens with zero attached hydrogens (tertiary/aromatic N) is 1. The molecule has 2 rings (SSSR count). The van der Waals surface area contributed by atoms with Crippen LogP contribution in [0.5, 0.6) is 0 Å². The molecule has 5 nitrogen and oxygen atoms in total. The Balaban J connectivity index is 1.83. The highest BCUT2D eigenvalue weighted by molar-refractivity contribution is 7.91. The van der Waals surface area contributed by atoms with Gasteiger partial charge < -0.3 is 10.8 Å². The maximum absolute atomic E-state index is 13.3. The molecular weight excluding hydrogens is 386 g/mol. The molecule has 1 fully saturated rings. The molecule has 8 heteroatoms. The summed E-state index contributed by atoms with van der Waals surface area (Å²) in [7, 11) is -3.02. The zero-order valence-corrected chi connectivity index (χ0v) is 17.3. The molecule has 2 atom stereocenters. The van der Waals surface area contributed by atoms with Crippen molar-refractivity contribution < 1.29 is 22.3 Å². The van der Waals surface area contributed by atoms with E-state index in [1.807, 2.05) is 6.92 Å². The van der Waals surface area contributed by atoms with E-state index in [9.17, 15) is 22.3 Å². The molecule has 0 spiro atoms. The van der Waals surface area contributed by atoms with Gasteiger partial charge in [-0.15, -0.1) is 0 Å². The van der Waals surface area contributed by atoms with E-state index < -0.39 is 33.6 Å². The van der Waals surface area contributed by atoms with Crippen LogP contribution in [0.15, 0.2) is 18.2 Å². The highest BCUT2D eigenvalue weighted by Gasteiger charge is 2.31. The molecule has 1 aromatic rings. The number of sulfone groups is 1. The van der Waals surface area contributed by atoms with E-state index in [-0.39, 0.29) is 17.9 Å². The SMILES string of the molecule is CCCCS(=O)(=O)CCCN(C[C@@H](O)[C@@H](N)Cc1cc(F)cc(F)c1)C1CC1. The molecule has 1 saturated carbocycles. The summed E-state index contributed by atoms with van der Waals surface area (Å²) in [4.78, 5) is 2.09. The summed E-state index contributed by atoms with van der Waals surface area (Å²) in [6.45, 7) is 2.89. The van der Waals surface area contributed by atoms with Crippen molar-refractivity contribution in [3.05, 3.63) is 35.4 Å². The fraction of sp³-hybridized carbons (Fsp3) is 0.700. The second-order valence-corrected chi connectivity index (χ2v) is 10.1. The molecule has 0 radical (unpaired) electrons. The lowest BCUT2D eigenvalue weighted by molar-refractivity contribution is 0.0871. The van der Waals surface area contributed by atoms with Crippen LogP contribution in [0.25, 0.3) is 0 Å². The molecule has 160 valence electrons. The zero-order chi connectivity index (χ0) is 20.7. The van der Waals surface area contributed by atoms with Gasteiger partial charge in [0.05, 0.1) is 17.6 Å². The quantitative estimate of drug-likeness (QED) is 0.513. The predicted octanol–water partition coefficient (Wildman–Crippen LogP) is 2.26. The first-order chi connectivity index (χ1) is 13.2. The van der Waals surface area contributed by atoms with E-state index in [4.69, 9.17) is 5.73 Å². The summed E-state index contributed by atoms with van der Waals surface area (Å²) >= 11 is 0. The smallest absolute Gasteiger partial charge is 0.150 e. The van der Waals surface area contributed by atoms with Gasteiger partial charge in [0.15, 0.2) is 0 Å². The number of aliphatic hydroxyl groups excluding tert-OH is 1. The lowest BCUT2D eigenvalue weighted by Gasteiger charge is -2.28. The van der Waals surface area contributed by atoms with Crippen molar-refractivity contribution >= 4 is 9.84 Å². The van der Waals surface area contributed by atoms with Gasteiger partial charge in [-0.3, -0.25) is 4.90 Å². The number of nitrogens with two attached hydrogens (primary N) is 1. The van der Waals surface area contributed by atoms with Crippen molar-refractivity contribution in [3.8, 4) is 0 Å². The Morgan fingerprint density at radius 3 is 2.36 bits per heavy atom. The number of benzene rings is 1. The van der Waals surface area contributed by atoms with Gasteiger partial charge in [-0.2, -0.15) is 0 Å². The van der Waals surface area contributed by atoms with Crippen LogP contribution in [-0.4, -0.2) is 61.2 Å². The number of hydrogen-bond acceptors (Lipinski definition) is 5. The van der Waals surface area contributed by atoms with Gasteiger partial charge in [-0.25, -0.2) is 17.2 Å². The van der Waals surface area contributed by atoms with Crippen LogP contribution in [0, 0.1) is 11.6 Å². The van der Waals surface area contributed by atoms with E-state index in [1.165, 1.54) is 12.1 Å². The van der Waals surface area contributed by atoms with Crippen LogP contribution in [-0.2, 0) is 16.3 Å². The molecule has 0 heterocycles. The van der Waals surface area contributed by atoms with Gasteiger partial charge in [0.1, 0.15) is 21.5 Å². The topological polar surface area (TPSA) is 83.6 Å². The van der Waals surface area contributed by atoms with Crippen molar-refractivity contribution in [1.82, 2.24) is 4.90 Å². The highest BCUT2D eigenvalue weighted by atomic mass is 32.2. The minimum Gasteiger partial charge on any atom is -0.390 e. The molecule has 0 unspecified atom stereocenters. The van der Waals surface area contributed by atoms with E-state index in [0.29, 0.717) is 37.5 Å². The number of unbranched alkanes of at least 4 members (excludes halogenated alkanes) is 1. The average Bonchev–Trinajstić information content (AvgIpc) is 3.43. The van der Waals surface area contributed by atoms with Crippen LogP contribution in [0.1, 0.15) is 44.6 Å². The lowest BCUT2D eigenvalue weighted by Crippen LogP contribution is -2.45. The molecule has 0 aliphatic heterocycles. The average molecular weight is 419 g/mol. The number of halogens is 2. The van der Waals surface area contributed by atoms with E-state index in [1.54, 1.807) is 0 Å². The Labute approximate surface area is 166 Å². The molecule has 1 aliphatic carbocycles. The van der Waals surface area contributed by atoms with Crippen LogP contribution in [0.3, 0.4) is 0 Å². The summed E-state index contributed by atoms with van der Waals surface area (Å²) in [6.07, 6.45) is 3.43. The Hall–Kier alpha value is -1.09. The third-order valence-electron chi connectivity index (χ3n) is 5.08. The molecule has 0 amide bonds. The maximum atomic E-state index is 13.3. The van der Waals surface area contributed by atoms with E-state index in [0.717, 1.165) is 25.3 Å². The van der Waals surface area contributed by atoms with E-state index >= 15 is 0 Å². The monoisotopic (exact) mass is 418 g/mol. The Kier molecular flexibility index (Phi) is 8.80. The fourth-order valence-electron chi connectivity index (χ4n) is 3.33. The highest BCUT2D eigenvalue weighted by Crippen LogP contribution is 2.27. The molecule has 1 aromatic carbocycles. The number of hydrogen-bond donors (Lipinski definition) is 2. The summed E-state index contributed by atoms with van der Waals surface area (Å²) in [5.41, 5.74) is 6.46. The van der Waals surface area contributed by atoms with Crippen LogP contribution in [0.2, 0.25) is 0 Å². The predicted molar refractivity (Wildman–Crippen MR) is 107 cm³/mol. The minimum atomic E-state index is -3.02. The first-order valence-corrected chi connectivity index (χ1v) is 11.9. The Bertz CT molecular complexity index is 706. The summed E-state index contributed by atoms with van der Waals surface area (Å²) in [5, 5.41) is 10.5. The Morgan fingerprint density at radius 2 is 1.79 bits per heavy atom. The summed E-state index contributed by atoms with van der Waals surface area (Å²) in [5.74, 6) is -0.952. The fourth-order valence-corrected chi connectivity index (χ4v) is 4.83. The van der Waals surface area contributed by atoms with Gasteiger partial charge in [-0.1, -0.05) is 13.3 Å². The second-order valence-electron chi connectivity index (χ2n) is 7.80. The van der Waals surface area contributed by atoms with Crippen molar-refractivity contribution in [3.63, 3.8) is 0 Å². The normalized spacial score (nSPS) is 17.1. The van der Waals surface area contributed by atoms with Crippen molar-refractivity contribution in [2.24, 2.45) is 5.73 Å². The van der Waals surface area contributed by atoms with Gasteiger partial charge in [0, 0.05) is 24.7 Å². The third-order valence-corrected chi connectivity index (χ3v) is 6.90. The molecule has 3 N–H and O–H groups in total. The number of rotatable bonds is 13. The molecule has 0 saturated heterocycles. The van der Waals surface area contributed by atoms with Gasteiger partial charge in [0.2, 0.25) is 0 Å². The van der Waals surface area contributed by atoms with Gasteiger partial charge in [-0.05, 0) is 56.3 Å². The standard InChI is InChI=1S/C20H32F2N2O3S/c1-2-3-8-28(26,27)9-4-7-24(18-5-6-18)14-20(25)19(23)12-15-10-16(21)13-17(22)11-15/h10-11,13,18-20,25H,2-9,12,14,23H2,1H3/t19-,20+/m0/s1. The van der Waals surface area contributed by atoms with Gasteiger partial charge in [0.25, 0.3) is 0 Å². The van der Waals surface area contributed by atoms with Crippen molar-refractivity contribution in [1.29, 1.82) is 0 Å². The van der Waals surface area contributed by atoms with E-state index in [2.05, 4.69) is 4.90 Å². The molecule has 28 heavy (non-hydrogen) atoms. The van der Waals surface area contributed by atoms with Crippen molar-refractivity contribution in [2.45, 2.75) is 63.6 Å². The van der Waals surface area contributed by atoms with Crippen LogP contribution in [0.4, 0.5) is 8.78 Å². The second kappa shape index (κ2) is 10.6. The Morgan fingerprint density at radius 1 is 1.18 bits per heavy atom. The largest absolute Gasteiger partial charge is 0.390 e.